The highest BCUT2D eigenvalue weighted by molar-refractivity contribution is 6.60. The van der Waals surface area contributed by atoms with Crippen molar-refractivity contribution in [3.8, 4) is 0 Å². The van der Waals surface area contributed by atoms with Crippen LogP contribution < -0.4 is 13.7 Å². The molecule has 0 aromatic carbocycles. The number of aryl methyl sites for hydroxylation is 3. The average Bonchev–Trinajstić information content (AvgIpc) is 3.20. The van der Waals surface area contributed by atoms with Gasteiger partial charge in [-0.15, -0.1) is 0 Å². The van der Waals surface area contributed by atoms with E-state index in [1.54, 1.807) is 21.3 Å². The maximum Gasteiger partial charge on any atom is 0.500 e. The first-order valence-corrected chi connectivity index (χ1v) is 21.0. The molecular formula is C44H60N5O3Si+3. The third-order valence-electron chi connectivity index (χ3n) is 11.1. The van der Waals surface area contributed by atoms with Crippen molar-refractivity contribution in [1.82, 2.24) is 9.97 Å². The van der Waals surface area contributed by atoms with Crippen LogP contribution in [-0.4, -0.2) is 40.1 Å². The summed E-state index contributed by atoms with van der Waals surface area (Å²) >= 11 is 0. The highest BCUT2D eigenvalue weighted by Crippen LogP contribution is 2.43. The molecule has 8 nitrogen and oxygen atoms in total. The zero-order valence-corrected chi connectivity index (χ0v) is 33.8. The summed E-state index contributed by atoms with van der Waals surface area (Å²) in [6.45, 7) is 5.63. The molecular weight excluding hydrogens is 675 g/mol. The van der Waals surface area contributed by atoms with Crippen LogP contribution in [0.4, 0.5) is 0 Å². The molecule has 5 unspecified atom stereocenters. The molecule has 0 fully saturated rings. The van der Waals surface area contributed by atoms with Crippen molar-refractivity contribution >= 4 is 8.80 Å². The third kappa shape index (κ3) is 11.4. The Balaban J connectivity index is 1.39. The topological polar surface area (TPSA) is 65.1 Å². The second-order valence-corrected chi connectivity index (χ2v) is 17.8. The first-order valence-electron chi connectivity index (χ1n) is 19.1. The van der Waals surface area contributed by atoms with E-state index < -0.39 is 8.80 Å². The third-order valence-corrected chi connectivity index (χ3v) is 14.0. The molecule has 0 aliphatic heterocycles. The summed E-state index contributed by atoms with van der Waals surface area (Å²) in [6, 6.07) is 23.5. The number of pyridine rings is 5. The second-order valence-electron chi connectivity index (χ2n) is 14.8. The summed E-state index contributed by atoms with van der Waals surface area (Å²) in [5.41, 5.74) is 6.87. The predicted octanol–water partition coefficient (Wildman–Crippen LogP) is 7.50. The Kier molecular flexibility index (Phi) is 14.9. The van der Waals surface area contributed by atoms with Crippen molar-refractivity contribution in [1.29, 1.82) is 0 Å². The first-order chi connectivity index (χ1) is 25.7. The molecule has 0 saturated heterocycles. The Morgan fingerprint density at radius 2 is 0.868 bits per heavy atom. The molecule has 5 aromatic rings. The standard InChI is InChI=1S/C44H60N5O3Si/c1-35(37-9-19-45-20-10-37)31-42(40-13-24-47(3)25-14-40)33-44(39-11-21-46-22-12-39)34-43(41-15-26-48(4)27-16-41)32-36(2)38-17-28-49(29-18-38)23-8-30-53(50-5,51-6)52-7/h9-22,24-29,35-36,42-44H,8,23,30-34H2,1-7H3/q+3. The van der Waals surface area contributed by atoms with Crippen LogP contribution in [-0.2, 0) is 33.9 Å². The molecule has 280 valence electrons. The highest BCUT2D eigenvalue weighted by atomic mass is 28.4. The molecule has 5 heterocycles. The molecule has 0 bridgehead atoms. The van der Waals surface area contributed by atoms with Gasteiger partial charge in [-0.05, 0) is 107 Å². The van der Waals surface area contributed by atoms with Crippen molar-refractivity contribution in [2.75, 3.05) is 21.3 Å². The minimum absolute atomic E-state index is 0.354. The molecule has 53 heavy (non-hydrogen) atoms. The van der Waals surface area contributed by atoms with Gasteiger partial charge in [0.15, 0.2) is 37.2 Å². The smallest absolute Gasteiger partial charge is 0.377 e. The Morgan fingerprint density at radius 3 is 1.30 bits per heavy atom. The lowest BCUT2D eigenvalue weighted by atomic mass is 9.74. The lowest BCUT2D eigenvalue weighted by Crippen LogP contribution is -2.44. The highest BCUT2D eigenvalue weighted by Gasteiger charge is 2.37. The van der Waals surface area contributed by atoms with E-state index in [0.717, 1.165) is 44.7 Å². The molecule has 9 heteroatoms. The Bertz CT molecular complexity index is 1760. The lowest BCUT2D eigenvalue weighted by Gasteiger charge is -2.30. The van der Waals surface area contributed by atoms with Crippen LogP contribution in [0, 0.1) is 0 Å². The SMILES string of the molecule is CO[Si](CCC[n+]1ccc(C(C)CC(CC(CC(CC(C)c2ccncc2)c2cc[n+](C)cc2)c2ccncc2)c2cc[n+](C)cc2)cc1)(OC)OC. The number of hydrogen-bond donors (Lipinski definition) is 0. The fraction of sp³-hybridized carbons (Fsp3) is 0.432. The normalized spacial score (nSPS) is 14.7. The summed E-state index contributed by atoms with van der Waals surface area (Å²) in [7, 11) is 6.65. The number of rotatable bonds is 20. The molecule has 5 aromatic heterocycles. The van der Waals surface area contributed by atoms with Gasteiger partial charge in [0.25, 0.3) is 0 Å². The fourth-order valence-electron chi connectivity index (χ4n) is 7.80. The average molecular weight is 735 g/mol. The molecule has 0 aliphatic rings. The number of aromatic nitrogens is 5. The number of nitrogens with zero attached hydrogens (tertiary/aromatic N) is 5. The van der Waals surface area contributed by atoms with Gasteiger partial charge in [-0.1, -0.05) is 13.8 Å². The zero-order chi connectivity index (χ0) is 37.6. The van der Waals surface area contributed by atoms with Crippen LogP contribution >= 0.6 is 0 Å². The molecule has 5 rings (SSSR count). The van der Waals surface area contributed by atoms with Crippen LogP contribution in [0.5, 0.6) is 0 Å². The molecule has 0 spiro atoms. The molecule has 0 saturated carbocycles. The van der Waals surface area contributed by atoms with E-state index >= 15 is 0 Å². The summed E-state index contributed by atoms with van der Waals surface area (Å²) in [5, 5.41) is 0. The second kappa shape index (κ2) is 19.8. The minimum atomic E-state index is -2.57. The first kappa shape index (κ1) is 40.0. The summed E-state index contributed by atoms with van der Waals surface area (Å²) in [6.07, 6.45) is 26.1. The number of hydrogen-bond acceptors (Lipinski definition) is 5. The molecule has 0 radical (unpaired) electrons. The van der Waals surface area contributed by atoms with Crippen LogP contribution in [0.3, 0.4) is 0 Å². The van der Waals surface area contributed by atoms with Crippen LogP contribution in [0.15, 0.2) is 123 Å². The van der Waals surface area contributed by atoms with E-state index in [1.165, 1.54) is 27.8 Å². The summed E-state index contributed by atoms with van der Waals surface area (Å²) in [5.74, 6) is 1.91. The van der Waals surface area contributed by atoms with E-state index in [9.17, 15) is 0 Å². The van der Waals surface area contributed by atoms with Gasteiger partial charge >= 0.3 is 8.80 Å². The quantitative estimate of drug-likeness (QED) is 0.0613. The van der Waals surface area contributed by atoms with Gasteiger partial charge in [-0.2, -0.15) is 0 Å². The van der Waals surface area contributed by atoms with Crippen molar-refractivity contribution < 1.29 is 27.0 Å². The van der Waals surface area contributed by atoms with E-state index in [2.05, 4.69) is 149 Å². The van der Waals surface area contributed by atoms with Crippen LogP contribution in [0.25, 0.3) is 0 Å². The Labute approximate surface area is 318 Å². The maximum atomic E-state index is 5.62. The van der Waals surface area contributed by atoms with Crippen molar-refractivity contribution in [2.45, 2.75) is 88.1 Å². The summed E-state index contributed by atoms with van der Waals surface area (Å²) in [4.78, 5) is 8.70. The maximum absolute atomic E-state index is 5.62. The van der Waals surface area contributed by atoms with Crippen molar-refractivity contribution in [3.63, 3.8) is 0 Å². The largest absolute Gasteiger partial charge is 0.500 e. The predicted molar refractivity (Wildman–Crippen MR) is 210 cm³/mol. The molecule has 5 atom stereocenters. The van der Waals surface area contributed by atoms with E-state index in [1.807, 2.05) is 24.8 Å². The molecule has 0 amide bonds. The van der Waals surface area contributed by atoms with Crippen LogP contribution in [0.1, 0.15) is 103 Å². The Morgan fingerprint density at radius 1 is 0.509 bits per heavy atom. The lowest BCUT2D eigenvalue weighted by molar-refractivity contribution is -0.697. The Hall–Kier alpha value is -4.15. The minimum Gasteiger partial charge on any atom is -0.377 e. The molecule has 0 aliphatic carbocycles. The van der Waals surface area contributed by atoms with E-state index in [0.29, 0.717) is 29.6 Å². The van der Waals surface area contributed by atoms with Crippen LogP contribution in [0.2, 0.25) is 6.04 Å². The molecule has 0 N–H and O–H groups in total. The van der Waals surface area contributed by atoms with Gasteiger partial charge in [0, 0.05) is 95.0 Å². The fourth-order valence-corrected chi connectivity index (χ4v) is 9.50. The van der Waals surface area contributed by atoms with E-state index in [4.69, 9.17) is 13.3 Å². The van der Waals surface area contributed by atoms with Crippen molar-refractivity contribution in [3.05, 3.63) is 150 Å². The van der Waals surface area contributed by atoms with Gasteiger partial charge in [-0.25, -0.2) is 13.7 Å². The van der Waals surface area contributed by atoms with Gasteiger partial charge in [0.2, 0.25) is 0 Å². The summed E-state index contributed by atoms with van der Waals surface area (Å²) < 4.78 is 23.4. The van der Waals surface area contributed by atoms with Gasteiger partial charge in [0.05, 0.1) is 0 Å². The van der Waals surface area contributed by atoms with E-state index in [-0.39, 0.29) is 0 Å². The van der Waals surface area contributed by atoms with Crippen molar-refractivity contribution in [2.24, 2.45) is 14.1 Å². The monoisotopic (exact) mass is 734 g/mol. The van der Waals surface area contributed by atoms with Gasteiger partial charge < -0.3 is 13.3 Å². The van der Waals surface area contributed by atoms with Gasteiger partial charge in [-0.3, -0.25) is 9.97 Å². The zero-order valence-electron chi connectivity index (χ0n) is 32.8. The van der Waals surface area contributed by atoms with Gasteiger partial charge in [0.1, 0.15) is 20.6 Å².